The van der Waals surface area contributed by atoms with Gasteiger partial charge in [0.25, 0.3) is 0 Å². The molecule has 0 aliphatic carbocycles. The van der Waals surface area contributed by atoms with Gasteiger partial charge in [0.2, 0.25) is 11.8 Å². The Hall–Kier alpha value is -3.93. The molecule has 1 fully saturated rings. The highest BCUT2D eigenvalue weighted by atomic mass is 16.2. The van der Waals surface area contributed by atoms with Gasteiger partial charge in [-0.15, -0.1) is 0 Å². The zero-order valence-corrected chi connectivity index (χ0v) is 19.7. The Balaban J connectivity index is 1.25. The second-order valence-corrected chi connectivity index (χ2v) is 9.11. The van der Waals surface area contributed by atoms with Crippen LogP contribution >= 0.6 is 0 Å². The Morgan fingerprint density at radius 3 is 2.46 bits per heavy atom. The van der Waals surface area contributed by atoms with E-state index in [1.165, 1.54) is 0 Å². The Morgan fingerprint density at radius 2 is 1.69 bits per heavy atom. The number of carbonyl (C=O) groups is 2. The summed E-state index contributed by atoms with van der Waals surface area (Å²) in [5.74, 6) is 0.721. The second kappa shape index (κ2) is 10.6. The van der Waals surface area contributed by atoms with Gasteiger partial charge >= 0.3 is 0 Å². The van der Waals surface area contributed by atoms with Gasteiger partial charge in [-0.25, -0.2) is 4.98 Å². The van der Waals surface area contributed by atoms with Crippen LogP contribution in [0.1, 0.15) is 42.3 Å². The van der Waals surface area contributed by atoms with E-state index < -0.39 is 6.04 Å². The number of aromatic nitrogens is 2. The molecule has 2 atom stereocenters. The zero-order chi connectivity index (χ0) is 24.0. The topological polar surface area (TPSA) is 78.1 Å². The van der Waals surface area contributed by atoms with Gasteiger partial charge in [0.15, 0.2) is 0 Å². The first kappa shape index (κ1) is 22.8. The number of imidazole rings is 1. The molecule has 1 aromatic heterocycles. The fourth-order valence-electron chi connectivity index (χ4n) is 4.89. The van der Waals surface area contributed by atoms with Crippen molar-refractivity contribution >= 4 is 22.8 Å². The van der Waals surface area contributed by atoms with E-state index in [2.05, 4.69) is 27.4 Å². The van der Waals surface area contributed by atoms with Crippen molar-refractivity contribution in [2.45, 2.75) is 44.2 Å². The summed E-state index contributed by atoms with van der Waals surface area (Å²) < 4.78 is 0. The zero-order valence-electron chi connectivity index (χ0n) is 19.7. The maximum atomic E-state index is 13.4. The number of amides is 2. The standard InChI is InChI=1S/C29H30N4O2/c34-28(18-17-27-30-23-14-7-8-15-24(23)31-27)33-19-9-16-26(33)29(35)32-25(22-12-5-2-6-13-22)20-21-10-3-1-4-11-21/h1-8,10-15,25-26H,9,16-20H2,(H,30,31)(H,32,35)/t25?,26-/m0/s1. The summed E-state index contributed by atoms with van der Waals surface area (Å²) in [6.45, 7) is 0.617. The number of hydrogen-bond acceptors (Lipinski definition) is 3. The lowest BCUT2D eigenvalue weighted by atomic mass is 9.98. The number of H-pyrrole nitrogens is 1. The fourth-order valence-corrected chi connectivity index (χ4v) is 4.89. The van der Waals surface area contributed by atoms with Gasteiger partial charge in [-0.2, -0.15) is 0 Å². The predicted octanol–water partition coefficient (Wildman–Crippen LogP) is 4.59. The number of aryl methyl sites for hydroxylation is 1. The maximum Gasteiger partial charge on any atom is 0.243 e. The van der Waals surface area contributed by atoms with E-state index in [0.29, 0.717) is 32.2 Å². The lowest BCUT2D eigenvalue weighted by molar-refractivity contribution is -0.138. The van der Waals surface area contributed by atoms with Crippen LogP contribution in [-0.4, -0.2) is 39.3 Å². The number of fused-ring (bicyclic) bond motifs is 1. The summed E-state index contributed by atoms with van der Waals surface area (Å²) in [6.07, 6.45) is 3.08. The molecule has 0 saturated carbocycles. The van der Waals surface area contributed by atoms with Gasteiger partial charge < -0.3 is 15.2 Å². The minimum atomic E-state index is -0.430. The molecule has 1 unspecified atom stereocenters. The van der Waals surface area contributed by atoms with Crippen molar-refractivity contribution in [3.05, 3.63) is 102 Å². The Morgan fingerprint density at radius 1 is 0.971 bits per heavy atom. The Bertz CT molecular complexity index is 1250. The number of aromatic amines is 1. The molecule has 2 amide bonds. The van der Waals surface area contributed by atoms with Gasteiger partial charge in [-0.05, 0) is 42.5 Å². The summed E-state index contributed by atoms with van der Waals surface area (Å²) in [4.78, 5) is 36.1. The molecule has 35 heavy (non-hydrogen) atoms. The molecule has 2 heterocycles. The summed E-state index contributed by atoms with van der Waals surface area (Å²) in [5.41, 5.74) is 4.09. The van der Waals surface area contributed by atoms with Gasteiger partial charge in [0.05, 0.1) is 17.1 Å². The molecule has 0 spiro atoms. The highest BCUT2D eigenvalue weighted by Crippen LogP contribution is 2.23. The van der Waals surface area contributed by atoms with Crippen molar-refractivity contribution in [1.29, 1.82) is 0 Å². The number of nitrogens with zero attached hydrogens (tertiary/aromatic N) is 2. The van der Waals surface area contributed by atoms with Crippen LogP contribution in [0.5, 0.6) is 0 Å². The normalized spacial score (nSPS) is 16.3. The predicted molar refractivity (Wildman–Crippen MR) is 137 cm³/mol. The van der Waals surface area contributed by atoms with E-state index >= 15 is 0 Å². The minimum Gasteiger partial charge on any atom is -0.347 e. The quantitative estimate of drug-likeness (QED) is 0.399. The van der Waals surface area contributed by atoms with E-state index in [1.807, 2.05) is 72.8 Å². The van der Waals surface area contributed by atoms with E-state index in [9.17, 15) is 9.59 Å². The molecule has 4 aromatic rings. The number of rotatable bonds is 8. The minimum absolute atomic E-state index is 0.00225. The lowest BCUT2D eigenvalue weighted by Gasteiger charge is -2.27. The summed E-state index contributed by atoms with van der Waals surface area (Å²) in [5, 5.41) is 3.25. The van der Waals surface area contributed by atoms with Gasteiger partial charge in [0.1, 0.15) is 11.9 Å². The van der Waals surface area contributed by atoms with Gasteiger partial charge in [0, 0.05) is 19.4 Å². The van der Waals surface area contributed by atoms with Crippen LogP contribution in [-0.2, 0) is 22.4 Å². The van der Waals surface area contributed by atoms with E-state index in [4.69, 9.17) is 0 Å². The van der Waals surface area contributed by atoms with Crippen molar-refractivity contribution in [3.63, 3.8) is 0 Å². The first-order valence-electron chi connectivity index (χ1n) is 12.3. The molecular formula is C29H30N4O2. The molecule has 5 rings (SSSR count). The highest BCUT2D eigenvalue weighted by molar-refractivity contribution is 5.88. The molecule has 6 heteroatoms. The third kappa shape index (κ3) is 5.43. The van der Waals surface area contributed by atoms with Crippen LogP contribution in [0.2, 0.25) is 0 Å². The van der Waals surface area contributed by atoms with Crippen LogP contribution < -0.4 is 5.32 Å². The number of likely N-dealkylation sites (tertiary alicyclic amines) is 1. The van der Waals surface area contributed by atoms with Crippen LogP contribution in [0.25, 0.3) is 11.0 Å². The number of nitrogens with one attached hydrogen (secondary N) is 2. The molecule has 0 bridgehead atoms. The third-order valence-corrected chi connectivity index (χ3v) is 6.69. The van der Waals surface area contributed by atoms with E-state index in [0.717, 1.165) is 34.4 Å². The SMILES string of the molecule is O=C(NC(Cc1ccccc1)c1ccccc1)[C@@H]1CCCN1C(=O)CCc1nc2ccccc2[nH]1. The first-order valence-corrected chi connectivity index (χ1v) is 12.3. The molecule has 178 valence electrons. The highest BCUT2D eigenvalue weighted by Gasteiger charge is 2.34. The number of carbonyl (C=O) groups excluding carboxylic acids is 2. The van der Waals surface area contributed by atoms with Crippen molar-refractivity contribution in [2.24, 2.45) is 0 Å². The molecule has 0 radical (unpaired) electrons. The Labute approximate surface area is 205 Å². The van der Waals surface area contributed by atoms with Crippen LogP contribution in [0.15, 0.2) is 84.9 Å². The molecule has 2 N–H and O–H groups in total. The molecule has 1 aliphatic rings. The van der Waals surface area contributed by atoms with Gasteiger partial charge in [-0.3, -0.25) is 9.59 Å². The van der Waals surface area contributed by atoms with E-state index in [-0.39, 0.29) is 17.9 Å². The summed E-state index contributed by atoms with van der Waals surface area (Å²) in [6, 6.07) is 27.5. The average Bonchev–Trinajstić information content (AvgIpc) is 3.55. The van der Waals surface area contributed by atoms with Crippen LogP contribution in [0.4, 0.5) is 0 Å². The first-order chi connectivity index (χ1) is 17.2. The maximum absolute atomic E-state index is 13.4. The number of para-hydroxylation sites is 2. The molecule has 3 aromatic carbocycles. The summed E-state index contributed by atoms with van der Waals surface area (Å²) in [7, 11) is 0. The van der Waals surface area contributed by atoms with Crippen molar-refractivity contribution in [2.75, 3.05) is 6.54 Å². The average molecular weight is 467 g/mol. The van der Waals surface area contributed by atoms with Crippen LogP contribution in [0, 0.1) is 0 Å². The molecule has 1 saturated heterocycles. The molecule has 1 aliphatic heterocycles. The largest absolute Gasteiger partial charge is 0.347 e. The van der Waals surface area contributed by atoms with Crippen LogP contribution in [0.3, 0.4) is 0 Å². The van der Waals surface area contributed by atoms with Crippen molar-refractivity contribution in [1.82, 2.24) is 20.2 Å². The van der Waals surface area contributed by atoms with Gasteiger partial charge in [-0.1, -0.05) is 72.8 Å². The second-order valence-electron chi connectivity index (χ2n) is 9.11. The summed E-state index contributed by atoms with van der Waals surface area (Å²) >= 11 is 0. The third-order valence-electron chi connectivity index (χ3n) is 6.69. The lowest BCUT2D eigenvalue weighted by Crippen LogP contribution is -2.47. The monoisotopic (exact) mass is 466 g/mol. The molecular weight excluding hydrogens is 436 g/mol. The fraction of sp³-hybridized carbons (Fsp3) is 0.276. The molecule has 6 nitrogen and oxygen atoms in total. The van der Waals surface area contributed by atoms with Crippen molar-refractivity contribution < 1.29 is 9.59 Å². The van der Waals surface area contributed by atoms with Crippen molar-refractivity contribution in [3.8, 4) is 0 Å². The Kier molecular flexibility index (Phi) is 6.89. The smallest absolute Gasteiger partial charge is 0.243 e. The number of benzene rings is 3. The number of hydrogen-bond donors (Lipinski definition) is 2. The van der Waals surface area contributed by atoms with E-state index in [1.54, 1.807) is 4.90 Å².